The van der Waals surface area contributed by atoms with Crippen LogP contribution in [0.25, 0.3) is 10.9 Å². The van der Waals surface area contributed by atoms with Crippen LogP contribution in [0.15, 0.2) is 53.4 Å². The van der Waals surface area contributed by atoms with Crippen molar-refractivity contribution >= 4 is 26.7 Å². The molecule has 0 spiro atoms. The molecule has 2 heterocycles. The number of halogens is 1. The topological polar surface area (TPSA) is 77.3 Å². The molecule has 0 atom stereocenters. The number of aryl methyl sites for hydroxylation is 1. The minimum absolute atomic E-state index is 0.190. The average molecular weight is 425 g/mol. The summed E-state index contributed by atoms with van der Waals surface area (Å²) in [6, 6.07) is 15.3. The third kappa shape index (κ3) is 3.62. The van der Waals surface area contributed by atoms with Crippen molar-refractivity contribution in [3.63, 3.8) is 0 Å². The van der Waals surface area contributed by atoms with E-state index in [-0.39, 0.29) is 18.0 Å². The van der Waals surface area contributed by atoms with Crippen molar-refractivity contribution in [1.82, 2.24) is 9.29 Å². The third-order valence-corrected chi connectivity index (χ3v) is 7.29. The molecule has 1 aliphatic rings. The summed E-state index contributed by atoms with van der Waals surface area (Å²) >= 11 is 0. The molecule has 1 aliphatic heterocycles. The van der Waals surface area contributed by atoms with Crippen molar-refractivity contribution in [2.75, 3.05) is 31.1 Å². The number of hydrogen-bond acceptors (Lipinski definition) is 5. The Bertz CT molecular complexity index is 1250. The molecule has 6 nitrogen and oxygen atoms in total. The summed E-state index contributed by atoms with van der Waals surface area (Å²) in [6.07, 6.45) is 0.548. The van der Waals surface area contributed by atoms with E-state index in [1.807, 2.05) is 36.1 Å². The zero-order valence-corrected chi connectivity index (χ0v) is 17.4. The van der Waals surface area contributed by atoms with Gasteiger partial charge < -0.3 is 4.90 Å². The number of nitriles is 1. The van der Waals surface area contributed by atoms with Gasteiger partial charge in [0.15, 0.2) is 0 Å². The second kappa shape index (κ2) is 8.01. The number of rotatable bonds is 3. The molecule has 3 aromatic rings. The van der Waals surface area contributed by atoms with Gasteiger partial charge in [-0.15, -0.1) is 0 Å². The summed E-state index contributed by atoms with van der Waals surface area (Å²) in [4.78, 5) is 6.38. The maximum atomic E-state index is 14.1. The van der Waals surface area contributed by atoms with E-state index < -0.39 is 15.8 Å². The van der Waals surface area contributed by atoms with Crippen molar-refractivity contribution in [1.29, 1.82) is 5.26 Å². The predicted molar refractivity (Wildman–Crippen MR) is 113 cm³/mol. The van der Waals surface area contributed by atoms with Crippen LogP contribution < -0.4 is 4.90 Å². The van der Waals surface area contributed by atoms with E-state index in [1.54, 1.807) is 0 Å². The van der Waals surface area contributed by atoms with Crippen LogP contribution in [-0.2, 0) is 10.0 Å². The lowest BCUT2D eigenvalue weighted by molar-refractivity contribution is 0.428. The van der Waals surface area contributed by atoms with Crippen molar-refractivity contribution in [2.24, 2.45) is 0 Å². The molecule has 4 rings (SSSR count). The van der Waals surface area contributed by atoms with Gasteiger partial charge in [-0.3, -0.25) is 0 Å². The van der Waals surface area contributed by atoms with Crippen LogP contribution >= 0.6 is 0 Å². The Balaban J connectivity index is 1.65. The number of anilines is 1. The maximum absolute atomic E-state index is 14.1. The molecule has 0 aliphatic carbocycles. The molecule has 2 aromatic carbocycles. The number of pyridine rings is 1. The largest absolute Gasteiger partial charge is 0.354 e. The molecular weight excluding hydrogens is 403 g/mol. The third-order valence-electron chi connectivity index (χ3n) is 5.36. The Labute approximate surface area is 175 Å². The molecule has 0 N–H and O–H groups in total. The van der Waals surface area contributed by atoms with Crippen LogP contribution in [-0.4, -0.2) is 43.9 Å². The molecule has 0 amide bonds. The van der Waals surface area contributed by atoms with Gasteiger partial charge in [0.25, 0.3) is 0 Å². The highest BCUT2D eigenvalue weighted by molar-refractivity contribution is 7.89. The zero-order chi connectivity index (χ0) is 21.3. The zero-order valence-electron chi connectivity index (χ0n) is 16.5. The summed E-state index contributed by atoms with van der Waals surface area (Å²) < 4.78 is 41.3. The van der Waals surface area contributed by atoms with E-state index in [0.29, 0.717) is 30.9 Å². The standard InChI is InChI=1S/C22H21FN4O2S/c1-16-6-4-7-17-14-18(15-24)22(25-21(16)17)26-10-5-11-27(13-12-26)30(28,29)20-9-3-2-8-19(20)23/h2-4,6-9,14H,5,10-13H2,1H3. The Morgan fingerprint density at radius 3 is 2.63 bits per heavy atom. The van der Waals surface area contributed by atoms with Crippen molar-refractivity contribution in [3.05, 3.63) is 65.5 Å². The second-order valence-corrected chi connectivity index (χ2v) is 9.20. The number of nitrogens with zero attached hydrogens (tertiary/aromatic N) is 4. The SMILES string of the molecule is Cc1cccc2cc(C#N)c(N3CCCN(S(=O)(=O)c4ccccc4F)CC3)nc12. The molecule has 0 unspecified atom stereocenters. The fraction of sp³-hybridized carbons (Fsp3) is 0.273. The van der Waals surface area contributed by atoms with Gasteiger partial charge in [0.05, 0.1) is 11.1 Å². The summed E-state index contributed by atoms with van der Waals surface area (Å²) in [5.41, 5.74) is 2.29. The van der Waals surface area contributed by atoms with Crippen molar-refractivity contribution < 1.29 is 12.8 Å². The molecule has 8 heteroatoms. The predicted octanol–water partition coefficient (Wildman–Crippen LogP) is 3.46. The molecular formula is C22H21FN4O2S. The lowest BCUT2D eigenvalue weighted by Gasteiger charge is -2.24. The highest BCUT2D eigenvalue weighted by Crippen LogP contribution is 2.27. The van der Waals surface area contributed by atoms with E-state index >= 15 is 0 Å². The van der Waals surface area contributed by atoms with Crippen LogP contribution in [0.4, 0.5) is 10.2 Å². The van der Waals surface area contributed by atoms with E-state index in [9.17, 15) is 18.1 Å². The van der Waals surface area contributed by atoms with Crippen molar-refractivity contribution in [3.8, 4) is 6.07 Å². The fourth-order valence-corrected chi connectivity index (χ4v) is 5.33. The van der Waals surface area contributed by atoms with Crippen LogP contribution in [0.2, 0.25) is 0 Å². The fourth-order valence-electron chi connectivity index (χ4n) is 3.80. The van der Waals surface area contributed by atoms with Crippen LogP contribution in [0, 0.1) is 24.1 Å². The molecule has 1 aromatic heterocycles. The second-order valence-electron chi connectivity index (χ2n) is 7.29. The highest BCUT2D eigenvalue weighted by Gasteiger charge is 2.30. The lowest BCUT2D eigenvalue weighted by Crippen LogP contribution is -2.36. The minimum Gasteiger partial charge on any atom is -0.354 e. The first-order chi connectivity index (χ1) is 14.4. The van der Waals surface area contributed by atoms with Crippen molar-refractivity contribution in [2.45, 2.75) is 18.2 Å². The van der Waals surface area contributed by atoms with Crippen LogP contribution in [0.1, 0.15) is 17.5 Å². The summed E-state index contributed by atoms with van der Waals surface area (Å²) in [6.45, 7) is 3.36. The molecule has 0 bridgehead atoms. The van der Waals surface area contributed by atoms with E-state index in [4.69, 9.17) is 4.98 Å². The van der Waals surface area contributed by atoms with E-state index in [0.717, 1.165) is 22.5 Å². The average Bonchev–Trinajstić information content (AvgIpc) is 3.00. The first-order valence-electron chi connectivity index (χ1n) is 9.72. The van der Waals surface area contributed by atoms with Gasteiger partial charge in [0.2, 0.25) is 10.0 Å². The number of sulfonamides is 1. The first kappa shape index (κ1) is 20.3. The van der Waals surface area contributed by atoms with Gasteiger partial charge in [0, 0.05) is 31.6 Å². The molecule has 154 valence electrons. The number of fused-ring (bicyclic) bond motifs is 1. The normalized spacial score (nSPS) is 15.7. The highest BCUT2D eigenvalue weighted by atomic mass is 32.2. The molecule has 1 fully saturated rings. The summed E-state index contributed by atoms with van der Waals surface area (Å²) in [5, 5.41) is 10.5. The number of aromatic nitrogens is 1. The van der Waals surface area contributed by atoms with Gasteiger partial charge in [-0.1, -0.05) is 30.3 Å². The molecule has 30 heavy (non-hydrogen) atoms. The minimum atomic E-state index is -3.93. The lowest BCUT2D eigenvalue weighted by atomic mass is 10.1. The monoisotopic (exact) mass is 424 g/mol. The van der Waals surface area contributed by atoms with Gasteiger partial charge in [0.1, 0.15) is 22.6 Å². The number of para-hydroxylation sites is 1. The number of hydrogen-bond donors (Lipinski definition) is 0. The van der Waals surface area contributed by atoms with Gasteiger partial charge in [-0.25, -0.2) is 17.8 Å². The van der Waals surface area contributed by atoms with E-state index in [1.165, 1.54) is 22.5 Å². The van der Waals surface area contributed by atoms with Crippen LogP contribution in [0.5, 0.6) is 0 Å². The molecule has 0 saturated carbocycles. The maximum Gasteiger partial charge on any atom is 0.246 e. The quantitative estimate of drug-likeness (QED) is 0.644. The summed E-state index contributed by atoms with van der Waals surface area (Å²) in [7, 11) is -3.93. The smallest absolute Gasteiger partial charge is 0.246 e. The Hall–Kier alpha value is -3.02. The Kier molecular flexibility index (Phi) is 5.41. The van der Waals surface area contributed by atoms with Gasteiger partial charge in [-0.2, -0.15) is 9.57 Å². The van der Waals surface area contributed by atoms with Gasteiger partial charge >= 0.3 is 0 Å². The Morgan fingerprint density at radius 1 is 1.07 bits per heavy atom. The Morgan fingerprint density at radius 2 is 1.87 bits per heavy atom. The summed E-state index contributed by atoms with van der Waals surface area (Å²) in [5.74, 6) is -0.193. The van der Waals surface area contributed by atoms with Gasteiger partial charge in [-0.05, 0) is 37.1 Å². The first-order valence-corrected chi connectivity index (χ1v) is 11.2. The molecule has 1 saturated heterocycles. The van der Waals surface area contributed by atoms with E-state index in [2.05, 4.69) is 6.07 Å². The molecule has 0 radical (unpaired) electrons. The van der Waals surface area contributed by atoms with Crippen LogP contribution in [0.3, 0.4) is 0 Å². The number of benzene rings is 2.